The molecular formula is C20H23FN4O2. The molecule has 1 aromatic heterocycles. The van der Waals surface area contributed by atoms with E-state index in [9.17, 15) is 14.0 Å². The van der Waals surface area contributed by atoms with Crippen LogP contribution < -0.4 is 5.32 Å². The molecule has 0 spiro atoms. The molecule has 0 bridgehead atoms. The standard InChI is InChI=1S/C20H23FN4O2/c1-22-19(26)12-25-11-17(8-23-25)15-5-16(7-18(21)6-15)20(27)24-9-13-3-2-4-14(13)10-24/h5-8,11,13-14H,2-4,9-10,12H2,1H3,(H,22,26)/t13-,14+. The number of amides is 2. The van der Waals surface area contributed by atoms with Crippen molar-refractivity contribution in [1.29, 1.82) is 0 Å². The zero-order valence-corrected chi connectivity index (χ0v) is 15.3. The van der Waals surface area contributed by atoms with Gasteiger partial charge in [0.25, 0.3) is 5.91 Å². The minimum absolute atomic E-state index is 0.0914. The summed E-state index contributed by atoms with van der Waals surface area (Å²) in [5.74, 6) is 0.478. The van der Waals surface area contributed by atoms with Gasteiger partial charge in [-0.05, 0) is 48.4 Å². The maximum absolute atomic E-state index is 14.2. The van der Waals surface area contributed by atoms with Gasteiger partial charge in [0.2, 0.25) is 5.91 Å². The molecule has 1 aliphatic carbocycles. The van der Waals surface area contributed by atoms with E-state index in [1.807, 2.05) is 4.90 Å². The smallest absolute Gasteiger partial charge is 0.253 e. The molecule has 0 radical (unpaired) electrons. The van der Waals surface area contributed by atoms with Gasteiger partial charge in [-0.25, -0.2) is 4.39 Å². The highest BCUT2D eigenvalue weighted by Gasteiger charge is 2.38. The van der Waals surface area contributed by atoms with E-state index in [0.717, 1.165) is 13.1 Å². The number of fused-ring (bicyclic) bond motifs is 1. The number of aromatic nitrogens is 2. The summed E-state index contributed by atoms with van der Waals surface area (Å²) in [6, 6.07) is 4.40. The van der Waals surface area contributed by atoms with E-state index in [0.29, 0.717) is 28.5 Å². The second-order valence-electron chi connectivity index (χ2n) is 7.49. The Morgan fingerprint density at radius 1 is 1.19 bits per heavy atom. The van der Waals surface area contributed by atoms with E-state index in [1.54, 1.807) is 25.5 Å². The molecule has 27 heavy (non-hydrogen) atoms. The zero-order valence-electron chi connectivity index (χ0n) is 15.3. The van der Waals surface area contributed by atoms with Gasteiger partial charge in [-0.3, -0.25) is 14.3 Å². The Hall–Kier alpha value is -2.70. The summed E-state index contributed by atoms with van der Waals surface area (Å²) in [7, 11) is 1.56. The Balaban J connectivity index is 1.55. The second-order valence-corrected chi connectivity index (χ2v) is 7.49. The first-order valence-electron chi connectivity index (χ1n) is 9.37. The molecule has 1 N–H and O–H groups in total. The van der Waals surface area contributed by atoms with E-state index in [4.69, 9.17) is 0 Å². The summed E-state index contributed by atoms with van der Waals surface area (Å²) in [6.07, 6.45) is 6.88. The fourth-order valence-corrected chi connectivity index (χ4v) is 4.29. The lowest BCUT2D eigenvalue weighted by Crippen LogP contribution is -2.29. The molecule has 142 valence electrons. The molecule has 2 fully saturated rings. The molecule has 1 aromatic carbocycles. The minimum atomic E-state index is -0.450. The minimum Gasteiger partial charge on any atom is -0.358 e. The number of likely N-dealkylation sites (N-methyl/N-ethyl adjacent to an activating group) is 1. The van der Waals surface area contributed by atoms with Crippen LogP contribution in [0, 0.1) is 17.7 Å². The van der Waals surface area contributed by atoms with Crippen LogP contribution >= 0.6 is 0 Å². The number of benzene rings is 1. The molecule has 2 heterocycles. The molecule has 1 saturated heterocycles. The monoisotopic (exact) mass is 370 g/mol. The summed E-state index contributed by atoms with van der Waals surface area (Å²) >= 11 is 0. The van der Waals surface area contributed by atoms with Crippen molar-refractivity contribution in [2.24, 2.45) is 11.8 Å². The first kappa shape index (κ1) is 17.7. The Kier molecular flexibility index (Phi) is 4.68. The van der Waals surface area contributed by atoms with E-state index in [-0.39, 0.29) is 18.4 Å². The van der Waals surface area contributed by atoms with Crippen LogP contribution in [0.25, 0.3) is 11.1 Å². The predicted molar refractivity (Wildman–Crippen MR) is 98.4 cm³/mol. The molecule has 4 rings (SSSR count). The highest BCUT2D eigenvalue weighted by Crippen LogP contribution is 2.38. The number of rotatable bonds is 4. The number of hydrogen-bond donors (Lipinski definition) is 1. The van der Waals surface area contributed by atoms with Crippen LogP contribution in [0.15, 0.2) is 30.6 Å². The third-order valence-electron chi connectivity index (χ3n) is 5.71. The van der Waals surface area contributed by atoms with Crippen molar-refractivity contribution in [3.63, 3.8) is 0 Å². The van der Waals surface area contributed by atoms with Crippen LogP contribution in [0.2, 0.25) is 0 Å². The van der Waals surface area contributed by atoms with Crippen LogP contribution in [0.5, 0.6) is 0 Å². The highest BCUT2D eigenvalue weighted by atomic mass is 19.1. The number of nitrogens with one attached hydrogen (secondary N) is 1. The third-order valence-corrected chi connectivity index (χ3v) is 5.71. The Labute approximate surface area is 157 Å². The molecule has 2 amide bonds. The maximum Gasteiger partial charge on any atom is 0.253 e. The molecule has 6 nitrogen and oxygen atoms in total. The maximum atomic E-state index is 14.2. The van der Waals surface area contributed by atoms with Crippen molar-refractivity contribution < 1.29 is 14.0 Å². The molecule has 1 aliphatic heterocycles. The predicted octanol–water partition coefficient (Wildman–Crippen LogP) is 2.31. The molecule has 2 atom stereocenters. The summed E-state index contributed by atoms with van der Waals surface area (Å²) in [4.78, 5) is 26.2. The van der Waals surface area contributed by atoms with E-state index < -0.39 is 5.82 Å². The lowest BCUT2D eigenvalue weighted by molar-refractivity contribution is -0.121. The van der Waals surface area contributed by atoms with Gasteiger partial charge >= 0.3 is 0 Å². The lowest BCUT2D eigenvalue weighted by Gasteiger charge is -2.18. The Morgan fingerprint density at radius 3 is 2.63 bits per heavy atom. The normalized spacial score (nSPS) is 21.3. The molecular weight excluding hydrogens is 347 g/mol. The number of halogens is 1. The topological polar surface area (TPSA) is 67.2 Å². The number of hydrogen-bond acceptors (Lipinski definition) is 3. The average molecular weight is 370 g/mol. The van der Waals surface area contributed by atoms with Gasteiger partial charge in [0.05, 0.1) is 6.20 Å². The molecule has 7 heteroatoms. The van der Waals surface area contributed by atoms with Gasteiger partial charge < -0.3 is 10.2 Å². The third kappa shape index (κ3) is 3.59. The summed E-state index contributed by atoms with van der Waals surface area (Å²) in [6.45, 7) is 1.65. The first-order chi connectivity index (χ1) is 13.0. The summed E-state index contributed by atoms with van der Waals surface area (Å²) in [5.41, 5.74) is 1.62. The SMILES string of the molecule is CNC(=O)Cn1cc(-c2cc(F)cc(C(=O)N3C[C@H]4CCC[C@H]4C3)c2)cn1. The molecule has 2 aromatic rings. The molecule has 0 unspecified atom stereocenters. The Morgan fingerprint density at radius 2 is 1.93 bits per heavy atom. The number of likely N-dealkylation sites (tertiary alicyclic amines) is 1. The fourth-order valence-electron chi connectivity index (χ4n) is 4.29. The highest BCUT2D eigenvalue weighted by molar-refractivity contribution is 5.95. The quantitative estimate of drug-likeness (QED) is 0.898. The molecule has 2 aliphatic rings. The van der Waals surface area contributed by atoms with Crippen LogP contribution in [0.3, 0.4) is 0 Å². The van der Waals surface area contributed by atoms with Crippen LogP contribution in [0.1, 0.15) is 29.6 Å². The second kappa shape index (κ2) is 7.13. The van der Waals surface area contributed by atoms with Crippen molar-refractivity contribution in [3.05, 3.63) is 42.0 Å². The van der Waals surface area contributed by atoms with Gasteiger partial charge in [0.15, 0.2) is 0 Å². The number of carbonyl (C=O) groups is 2. The van der Waals surface area contributed by atoms with Gasteiger partial charge in [-0.2, -0.15) is 5.10 Å². The van der Waals surface area contributed by atoms with Gasteiger partial charge in [-0.1, -0.05) is 6.42 Å². The van der Waals surface area contributed by atoms with Crippen molar-refractivity contribution in [3.8, 4) is 11.1 Å². The van der Waals surface area contributed by atoms with Gasteiger partial charge in [-0.15, -0.1) is 0 Å². The van der Waals surface area contributed by atoms with E-state index in [1.165, 1.54) is 36.1 Å². The number of carbonyl (C=O) groups excluding carboxylic acids is 2. The summed E-state index contributed by atoms with van der Waals surface area (Å²) < 4.78 is 15.7. The Bertz CT molecular complexity index is 867. The van der Waals surface area contributed by atoms with E-state index >= 15 is 0 Å². The van der Waals surface area contributed by atoms with Gasteiger partial charge in [0.1, 0.15) is 12.4 Å². The van der Waals surface area contributed by atoms with Crippen LogP contribution in [-0.4, -0.2) is 46.6 Å². The average Bonchev–Trinajstić information content (AvgIpc) is 3.36. The fraction of sp³-hybridized carbons (Fsp3) is 0.450. The summed E-state index contributed by atoms with van der Waals surface area (Å²) in [5, 5.41) is 6.67. The van der Waals surface area contributed by atoms with Crippen LogP contribution in [-0.2, 0) is 11.3 Å². The zero-order chi connectivity index (χ0) is 19.0. The first-order valence-corrected chi connectivity index (χ1v) is 9.37. The van der Waals surface area contributed by atoms with Crippen molar-refractivity contribution >= 4 is 11.8 Å². The lowest BCUT2D eigenvalue weighted by atomic mass is 10.0. The van der Waals surface area contributed by atoms with Crippen LogP contribution in [0.4, 0.5) is 4.39 Å². The largest absolute Gasteiger partial charge is 0.358 e. The van der Waals surface area contributed by atoms with Crippen molar-refractivity contribution in [2.45, 2.75) is 25.8 Å². The van der Waals surface area contributed by atoms with E-state index in [2.05, 4.69) is 10.4 Å². The number of nitrogens with zero attached hydrogens (tertiary/aromatic N) is 3. The van der Waals surface area contributed by atoms with Gasteiger partial charge in [0, 0.05) is 37.5 Å². The molecule has 1 saturated carbocycles. The van der Waals surface area contributed by atoms with Crippen molar-refractivity contribution in [2.75, 3.05) is 20.1 Å². The van der Waals surface area contributed by atoms with Crippen molar-refractivity contribution in [1.82, 2.24) is 20.0 Å².